The van der Waals surface area contributed by atoms with E-state index in [2.05, 4.69) is 0 Å². The summed E-state index contributed by atoms with van der Waals surface area (Å²) in [6.07, 6.45) is -1.97. The van der Waals surface area contributed by atoms with Gasteiger partial charge in [-0.05, 0) is 31.2 Å². The summed E-state index contributed by atoms with van der Waals surface area (Å²) in [5, 5.41) is 6.94. The van der Waals surface area contributed by atoms with Crippen molar-refractivity contribution in [1.29, 1.82) is 0 Å². The monoisotopic (exact) mass is 394 g/mol. The summed E-state index contributed by atoms with van der Waals surface area (Å²) in [4.78, 5) is -0.408. The van der Waals surface area contributed by atoms with Crippen LogP contribution in [-0.4, -0.2) is 18.5 Å². The Kier molecular flexibility index (Phi) is 4.03. The Bertz CT molecular complexity index is 924. The lowest BCUT2D eigenvalue weighted by Gasteiger charge is -2.17. The van der Waals surface area contributed by atoms with Crippen molar-refractivity contribution >= 4 is 33.0 Å². The third-order valence-corrected chi connectivity index (χ3v) is 6.56. The predicted molar refractivity (Wildman–Crippen MR) is 84.6 cm³/mol. The Labute approximate surface area is 146 Å². The molecule has 0 fully saturated rings. The van der Waals surface area contributed by atoms with Gasteiger partial charge in [-0.2, -0.15) is 0 Å². The van der Waals surface area contributed by atoms with E-state index in [1.165, 1.54) is 12.1 Å². The predicted octanol–water partition coefficient (Wildman–Crippen LogP) is 4.43. The van der Waals surface area contributed by atoms with Crippen molar-refractivity contribution < 1.29 is 27.0 Å². The summed E-state index contributed by atoms with van der Waals surface area (Å²) in [6, 6.07) is 5.72. The molecule has 2 aromatic rings. The number of aliphatic hydroxyl groups excluding tert-OH is 1. The summed E-state index contributed by atoms with van der Waals surface area (Å²) in [5.41, 5.74) is -0.290. The van der Waals surface area contributed by atoms with Crippen molar-refractivity contribution in [3.63, 3.8) is 0 Å². The van der Waals surface area contributed by atoms with Gasteiger partial charge in [0.1, 0.15) is 23.4 Å². The molecule has 2 unspecified atom stereocenters. The van der Waals surface area contributed by atoms with Gasteiger partial charge in [-0.1, -0.05) is 23.2 Å². The van der Waals surface area contributed by atoms with E-state index in [9.17, 15) is 22.3 Å². The number of hydrogen-bond acceptors (Lipinski definition) is 4. The SMILES string of the molecule is CC1(F)C(O)c2c(ccc(Oc3cc(F)cc(Cl)c3)c2Cl)S1(=O)=O. The summed E-state index contributed by atoms with van der Waals surface area (Å²) in [5.74, 6) is -0.696. The smallest absolute Gasteiger partial charge is 0.242 e. The molecule has 1 heterocycles. The molecule has 1 aliphatic heterocycles. The molecule has 4 nitrogen and oxygen atoms in total. The molecule has 3 rings (SSSR count). The number of sulfone groups is 1. The minimum Gasteiger partial charge on any atom is -0.456 e. The minimum absolute atomic E-state index is 0.0141. The number of benzene rings is 2. The highest BCUT2D eigenvalue weighted by Crippen LogP contribution is 2.52. The lowest BCUT2D eigenvalue weighted by molar-refractivity contribution is 0.0649. The van der Waals surface area contributed by atoms with Gasteiger partial charge in [0.25, 0.3) is 0 Å². The van der Waals surface area contributed by atoms with Crippen LogP contribution in [0.3, 0.4) is 0 Å². The summed E-state index contributed by atoms with van der Waals surface area (Å²) in [6.45, 7) is 0.760. The van der Waals surface area contributed by atoms with Crippen molar-refractivity contribution in [2.75, 3.05) is 0 Å². The fraction of sp³-hybridized carbons (Fsp3) is 0.200. The normalized spacial score (nSPS) is 24.7. The second kappa shape index (κ2) is 5.56. The van der Waals surface area contributed by atoms with Crippen LogP contribution >= 0.6 is 23.2 Å². The van der Waals surface area contributed by atoms with Gasteiger partial charge in [0, 0.05) is 16.7 Å². The highest BCUT2D eigenvalue weighted by atomic mass is 35.5. The summed E-state index contributed by atoms with van der Waals surface area (Å²) >= 11 is 11.8. The third kappa shape index (κ3) is 2.47. The Balaban J connectivity index is 2.11. The van der Waals surface area contributed by atoms with Gasteiger partial charge in [0.15, 0.2) is 0 Å². The molecule has 0 aromatic heterocycles. The molecule has 0 amide bonds. The molecule has 2 aromatic carbocycles. The first kappa shape index (κ1) is 17.4. The lowest BCUT2D eigenvalue weighted by Crippen LogP contribution is -2.30. The summed E-state index contributed by atoms with van der Waals surface area (Å²) < 4.78 is 57.4. The topological polar surface area (TPSA) is 63.6 Å². The zero-order valence-corrected chi connectivity index (χ0v) is 14.4. The van der Waals surface area contributed by atoms with Gasteiger partial charge in [-0.25, -0.2) is 17.2 Å². The number of halogens is 4. The largest absolute Gasteiger partial charge is 0.456 e. The van der Waals surface area contributed by atoms with E-state index in [1.54, 1.807) is 0 Å². The molecule has 0 aliphatic carbocycles. The molecule has 0 saturated heterocycles. The van der Waals surface area contributed by atoms with E-state index in [1.807, 2.05) is 0 Å². The van der Waals surface area contributed by atoms with Gasteiger partial charge < -0.3 is 9.84 Å². The third-order valence-electron chi connectivity index (χ3n) is 3.75. The molecule has 0 radical (unpaired) electrons. The second-order valence-corrected chi connectivity index (χ2v) is 8.45. The van der Waals surface area contributed by atoms with Gasteiger partial charge >= 0.3 is 0 Å². The molecule has 0 saturated carbocycles. The Hall–Kier alpha value is -1.41. The molecule has 2 atom stereocenters. The van der Waals surface area contributed by atoms with E-state index < -0.39 is 31.7 Å². The van der Waals surface area contributed by atoms with E-state index in [4.69, 9.17) is 27.9 Å². The number of aliphatic hydroxyl groups is 1. The number of ether oxygens (including phenoxy) is 1. The standard InChI is InChI=1S/C15H10Cl2F2O4S/c1-15(19)14(20)12-11(24(15,21)22)3-2-10(13(12)17)23-9-5-7(16)4-8(18)6-9/h2-6,14,20H,1H3. The molecule has 0 bridgehead atoms. The van der Waals surface area contributed by atoms with Gasteiger partial charge in [0.05, 0.1) is 9.92 Å². The van der Waals surface area contributed by atoms with Crippen LogP contribution in [0, 0.1) is 5.82 Å². The number of fused-ring (bicyclic) bond motifs is 1. The number of alkyl halides is 1. The van der Waals surface area contributed by atoms with Crippen LogP contribution in [0.5, 0.6) is 11.5 Å². The van der Waals surface area contributed by atoms with E-state index in [0.29, 0.717) is 0 Å². The molecular weight excluding hydrogens is 385 g/mol. The maximum absolute atomic E-state index is 14.4. The molecule has 9 heteroatoms. The van der Waals surface area contributed by atoms with E-state index >= 15 is 0 Å². The zero-order valence-electron chi connectivity index (χ0n) is 12.1. The Morgan fingerprint density at radius 3 is 2.54 bits per heavy atom. The Morgan fingerprint density at radius 1 is 1.25 bits per heavy atom. The highest BCUT2D eigenvalue weighted by Gasteiger charge is 2.56. The fourth-order valence-corrected chi connectivity index (χ4v) is 4.62. The van der Waals surface area contributed by atoms with Gasteiger partial charge in [-0.3, -0.25) is 0 Å². The second-order valence-electron chi connectivity index (χ2n) is 5.39. The van der Waals surface area contributed by atoms with Crippen molar-refractivity contribution in [2.45, 2.75) is 22.9 Å². The maximum atomic E-state index is 14.4. The molecular formula is C15H10Cl2F2O4S. The van der Waals surface area contributed by atoms with Crippen LogP contribution in [0.15, 0.2) is 35.2 Å². The molecule has 128 valence electrons. The van der Waals surface area contributed by atoms with Crippen molar-refractivity contribution in [1.82, 2.24) is 0 Å². The maximum Gasteiger partial charge on any atom is 0.242 e. The fourth-order valence-electron chi connectivity index (χ4n) is 2.46. The summed E-state index contributed by atoms with van der Waals surface area (Å²) in [7, 11) is -4.40. The minimum atomic E-state index is -4.40. The van der Waals surface area contributed by atoms with E-state index in [-0.39, 0.29) is 27.1 Å². The quantitative estimate of drug-likeness (QED) is 0.817. The number of hydrogen-bond donors (Lipinski definition) is 1. The average Bonchev–Trinajstić information content (AvgIpc) is 2.59. The van der Waals surface area contributed by atoms with E-state index in [0.717, 1.165) is 25.1 Å². The molecule has 1 N–H and O–H groups in total. The average molecular weight is 395 g/mol. The molecule has 1 aliphatic rings. The lowest BCUT2D eigenvalue weighted by atomic mass is 10.1. The van der Waals surface area contributed by atoms with Gasteiger partial charge in [0.2, 0.25) is 14.8 Å². The molecule has 24 heavy (non-hydrogen) atoms. The highest BCUT2D eigenvalue weighted by molar-refractivity contribution is 7.93. The Morgan fingerprint density at radius 2 is 1.92 bits per heavy atom. The van der Waals surface area contributed by atoms with Crippen LogP contribution in [0.25, 0.3) is 0 Å². The zero-order chi connectivity index (χ0) is 17.9. The van der Waals surface area contributed by atoms with Crippen LogP contribution in [0.4, 0.5) is 8.78 Å². The first-order chi connectivity index (χ1) is 11.1. The van der Waals surface area contributed by atoms with Crippen molar-refractivity contribution in [2.24, 2.45) is 0 Å². The van der Waals surface area contributed by atoms with Crippen LogP contribution < -0.4 is 4.74 Å². The van der Waals surface area contributed by atoms with Crippen LogP contribution in [0.2, 0.25) is 10.0 Å². The van der Waals surface area contributed by atoms with Crippen LogP contribution in [-0.2, 0) is 9.84 Å². The van der Waals surface area contributed by atoms with Gasteiger partial charge in [-0.15, -0.1) is 0 Å². The van der Waals surface area contributed by atoms with Crippen molar-refractivity contribution in [3.05, 3.63) is 51.8 Å². The first-order valence-corrected chi connectivity index (χ1v) is 8.87. The van der Waals surface area contributed by atoms with Crippen molar-refractivity contribution in [3.8, 4) is 11.5 Å². The van der Waals surface area contributed by atoms with Crippen LogP contribution in [0.1, 0.15) is 18.6 Å². The molecule has 0 spiro atoms. The number of rotatable bonds is 2. The first-order valence-electron chi connectivity index (χ1n) is 6.63.